The molecule has 0 fully saturated rings. The van der Waals surface area contributed by atoms with Crippen molar-refractivity contribution in [3.05, 3.63) is 9.48 Å². The summed E-state index contributed by atoms with van der Waals surface area (Å²) in [5.74, 6) is -1.30. The largest absolute Gasteiger partial charge is 0.476 e. The Morgan fingerprint density at radius 1 is 1.21 bits per heavy atom. The van der Waals surface area contributed by atoms with Crippen molar-refractivity contribution in [1.29, 1.82) is 0 Å². The first-order chi connectivity index (χ1) is 10.8. The van der Waals surface area contributed by atoms with Crippen molar-refractivity contribution < 1.29 is 24.3 Å². The monoisotopic (exact) mass is 421 g/mol. The highest BCUT2D eigenvalue weighted by atomic mass is 79.9. The minimum Gasteiger partial charge on any atom is -0.476 e. The first-order valence-electron chi connectivity index (χ1n) is 6.94. The molecule has 0 radical (unpaired) electrons. The minimum atomic E-state index is -1.30. The normalized spacial score (nSPS) is 12.7. The van der Waals surface area contributed by atoms with Crippen LogP contribution in [0.2, 0.25) is 0 Å². The fourth-order valence-corrected chi connectivity index (χ4v) is 2.67. The van der Waals surface area contributed by atoms with Crippen LogP contribution in [0, 0.1) is 0 Å². The van der Waals surface area contributed by atoms with E-state index in [1.165, 1.54) is 0 Å². The Labute approximate surface area is 152 Å². The first kappa shape index (κ1) is 20.4. The molecule has 0 aliphatic rings. The molecule has 0 aliphatic heterocycles. The third-order valence-electron chi connectivity index (χ3n) is 2.03. The van der Waals surface area contributed by atoms with Crippen molar-refractivity contribution in [2.24, 2.45) is 5.16 Å². The number of hydrogen-bond donors (Lipinski definition) is 2. The van der Waals surface area contributed by atoms with Gasteiger partial charge in [0.2, 0.25) is 5.71 Å². The molecule has 24 heavy (non-hydrogen) atoms. The number of amides is 1. The Bertz CT molecular complexity index is 658. The summed E-state index contributed by atoms with van der Waals surface area (Å²) in [6, 6.07) is 0. The molecule has 0 aromatic carbocycles. The molecule has 10 heteroatoms. The SMILES string of the molecule is CC(C)(C)O/N=C(/C(=O)O)c1nc(NC(=O)OC(C)(C)C)sc1Br. The van der Waals surface area contributed by atoms with Crippen molar-refractivity contribution in [3.63, 3.8) is 0 Å². The highest BCUT2D eigenvalue weighted by Crippen LogP contribution is 2.29. The number of aromatic nitrogens is 1. The maximum atomic E-state index is 11.8. The van der Waals surface area contributed by atoms with Crippen LogP contribution < -0.4 is 5.32 Å². The third kappa shape index (κ3) is 6.83. The van der Waals surface area contributed by atoms with E-state index in [2.05, 4.69) is 31.4 Å². The molecular weight excluding hydrogens is 402 g/mol. The number of carbonyl (C=O) groups excluding carboxylic acids is 1. The van der Waals surface area contributed by atoms with Crippen LogP contribution in [0.25, 0.3) is 0 Å². The average Bonchev–Trinajstić information content (AvgIpc) is 2.65. The van der Waals surface area contributed by atoms with E-state index in [0.29, 0.717) is 3.79 Å². The number of hydrogen-bond acceptors (Lipinski definition) is 7. The Morgan fingerprint density at radius 3 is 2.25 bits per heavy atom. The van der Waals surface area contributed by atoms with E-state index in [1.54, 1.807) is 41.5 Å². The van der Waals surface area contributed by atoms with Crippen LogP contribution >= 0.6 is 27.3 Å². The summed E-state index contributed by atoms with van der Waals surface area (Å²) in [4.78, 5) is 32.4. The molecule has 0 spiro atoms. The first-order valence-corrected chi connectivity index (χ1v) is 8.55. The zero-order valence-corrected chi connectivity index (χ0v) is 16.7. The number of oxime groups is 1. The zero-order valence-electron chi connectivity index (χ0n) is 14.3. The minimum absolute atomic E-state index is 0.0582. The van der Waals surface area contributed by atoms with Gasteiger partial charge >= 0.3 is 12.1 Å². The Kier molecular flexibility index (Phi) is 6.34. The zero-order chi connectivity index (χ0) is 18.7. The summed E-state index contributed by atoms with van der Waals surface area (Å²) in [7, 11) is 0. The van der Waals surface area contributed by atoms with Gasteiger partial charge in [0.1, 0.15) is 20.7 Å². The van der Waals surface area contributed by atoms with Crippen LogP contribution in [-0.2, 0) is 14.4 Å². The molecule has 134 valence electrons. The second kappa shape index (κ2) is 7.47. The summed E-state index contributed by atoms with van der Waals surface area (Å²) in [5.41, 5.74) is -1.62. The number of thiazole rings is 1. The van der Waals surface area contributed by atoms with Gasteiger partial charge in [-0.2, -0.15) is 0 Å². The molecule has 1 aromatic heterocycles. The molecule has 0 atom stereocenters. The maximum absolute atomic E-state index is 11.8. The number of aliphatic carboxylic acids is 1. The highest BCUT2D eigenvalue weighted by Gasteiger charge is 2.25. The van der Waals surface area contributed by atoms with E-state index in [9.17, 15) is 14.7 Å². The van der Waals surface area contributed by atoms with Crippen LogP contribution in [0.1, 0.15) is 47.2 Å². The lowest BCUT2D eigenvalue weighted by Crippen LogP contribution is -2.27. The van der Waals surface area contributed by atoms with Crippen molar-refractivity contribution in [3.8, 4) is 0 Å². The predicted octanol–water partition coefficient (Wildman–Crippen LogP) is 3.86. The smallest absolute Gasteiger partial charge is 0.413 e. The third-order valence-corrected chi connectivity index (χ3v) is 3.65. The lowest BCUT2D eigenvalue weighted by Gasteiger charge is -2.18. The number of nitrogens with zero attached hydrogens (tertiary/aromatic N) is 2. The highest BCUT2D eigenvalue weighted by molar-refractivity contribution is 9.11. The van der Waals surface area contributed by atoms with E-state index >= 15 is 0 Å². The second-order valence-corrected chi connectivity index (χ2v) is 9.03. The topological polar surface area (TPSA) is 110 Å². The molecule has 1 heterocycles. The predicted molar refractivity (Wildman–Crippen MR) is 94.7 cm³/mol. The Morgan fingerprint density at radius 2 is 1.79 bits per heavy atom. The van der Waals surface area contributed by atoms with Gasteiger partial charge in [-0.1, -0.05) is 16.5 Å². The van der Waals surface area contributed by atoms with E-state index in [0.717, 1.165) is 11.3 Å². The molecule has 1 rings (SSSR count). The number of rotatable bonds is 4. The number of nitrogens with one attached hydrogen (secondary N) is 1. The molecule has 0 saturated carbocycles. The van der Waals surface area contributed by atoms with E-state index in [-0.39, 0.29) is 16.5 Å². The molecule has 2 N–H and O–H groups in total. The quantitative estimate of drug-likeness (QED) is 0.563. The number of carboxylic acids is 1. The summed E-state index contributed by atoms with van der Waals surface area (Å²) in [5, 5.41) is 15.6. The summed E-state index contributed by atoms with van der Waals surface area (Å²) in [6.07, 6.45) is -0.685. The fourth-order valence-electron chi connectivity index (χ4n) is 1.26. The van der Waals surface area contributed by atoms with Crippen LogP contribution in [0.15, 0.2) is 8.94 Å². The number of ether oxygens (including phenoxy) is 1. The molecule has 8 nitrogen and oxygen atoms in total. The van der Waals surface area contributed by atoms with Crippen LogP contribution in [0.5, 0.6) is 0 Å². The van der Waals surface area contributed by atoms with E-state index in [4.69, 9.17) is 9.57 Å². The number of halogens is 1. The molecule has 1 amide bonds. The van der Waals surface area contributed by atoms with Gasteiger partial charge in [-0.15, -0.1) is 0 Å². The number of anilines is 1. The van der Waals surface area contributed by atoms with Crippen LogP contribution in [0.4, 0.5) is 9.93 Å². The van der Waals surface area contributed by atoms with Crippen molar-refractivity contribution >= 4 is 50.2 Å². The second-order valence-electron chi connectivity index (χ2n) is 6.72. The molecule has 0 aliphatic carbocycles. The van der Waals surface area contributed by atoms with Gasteiger partial charge in [-0.25, -0.2) is 14.6 Å². The van der Waals surface area contributed by atoms with Crippen LogP contribution in [-0.4, -0.2) is 39.1 Å². The van der Waals surface area contributed by atoms with Crippen molar-refractivity contribution in [1.82, 2.24) is 4.98 Å². The van der Waals surface area contributed by atoms with E-state index < -0.39 is 23.3 Å². The van der Waals surface area contributed by atoms with Gasteiger partial charge in [0, 0.05) is 0 Å². The maximum Gasteiger partial charge on any atom is 0.413 e. The molecule has 0 bridgehead atoms. The summed E-state index contributed by atoms with van der Waals surface area (Å²) < 4.78 is 5.52. The van der Waals surface area contributed by atoms with Gasteiger partial charge < -0.3 is 14.7 Å². The van der Waals surface area contributed by atoms with Gasteiger partial charge in [0.15, 0.2) is 5.13 Å². The van der Waals surface area contributed by atoms with Gasteiger partial charge in [-0.05, 0) is 57.5 Å². The lowest BCUT2D eigenvalue weighted by molar-refractivity contribution is -0.129. The number of carbonyl (C=O) groups is 2. The lowest BCUT2D eigenvalue weighted by atomic mass is 10.2. The molecule has 0 saturated heterocycles. The van der Waals surface area contributed by atoms with Crippen LogP contribution in [0.3, 0.4) is 0 Å². The van der Waals surface area contributed by atoms with Gasteiger partial charge in [-0.3, -0.25) is 5.32 Å². The molecule has 0 unspecified atom stereocenters. The van der Waals surface area contributed by atoms with E-state index in [1.807, 2.05) is 0 Å². The van der Waals surface area contributed by atoms with Gasteiger partial charge in [0.25, 0.3) is 0 Å². The Hall–Kier alpha value is -1.68. The Balaban J connectivity index is 3.02. The standard InChI is InChI=1S/C14H20BrN3O5S/c1-13(2,3)22-12(21)17-11-16-7(9(15)24-11)8(10(19)20)18-23-14(4,5)6/h1-6H3,(H,19,20)(H,16,17,21)/b18-8+. The summed E-state index contributed by atoms with van der Waals surface area (Å²) >= 11 is 4.26. The van der Waals surface area contributed by atoms with Crippen molar-refractivity contribution in [2.75, 3.05) is 5.32 Å². The molecule has 1 aromatic rings. The fraction of sp³-hybridized carbons (Fsp3) is 0.571. The number of carboxylic acid groups (broad SMARTS) is 1. The van der Waals surface area contributed by atoms with Crippen molar-refractivity contribution in [2.45, 2.75) is 52.7 Å². The van der Waals surface area contributed by atoms with Gasteiger partial charge in [0.05, 0.1) is 0 Å². The molecular formula is C14H20BrN3O5S. The summed E-state index contributed by atoms with van der Waals surface area (Å²) in [6.45, 7) is 10.4. The average molecular weight is 422 g/mol.